The zero-order chi connectivity index (χ0) is 15.0. The molecular weight excluding hydrogens is 308 g/mol. The van der Waals surface area contributed by atoms with E-state index in [1.54, 1.807) is 19.2 Å². The first kappa shape index (κ1) is 14.5. The maximum absolute atomic E-state index is 12.3. The van der Waals surface area contributed by atoms with Gasteiger partial charge in [-0.25, -0.2) is 8.42 Å². The van der Waals surface area contributed by atoms with E-state index >= 15 is 0 Å². The van der Waals surface area contributed by atoms with Crippen molar-refractivity contribution in [3.63, 3.8) is 0 Å². The molecule has 21 heavy (non-hydrogen) atoms. The second-order valence-electron chi connectivity index (χ2n) is 5.42. The van der Waals surface area contributed by atoms with E-state index in [1.807, 2.05) is 11.6 Å². The molecule has 0 unspecified atom stereocenters. The molecule has 0 saturated heterocycles. The summed E-state index contributed by atoms with van der Waals surface area (Å²) < 4.78 is 33.5. The van der Waals surface area contributed by atoms with E-state index in [0.717, 1.165) is 30.1 Å². The summed E-state index contributed by atoms with van der Waals surface area (Å²) >= 11 is 0.986. The van der Waals surface area contributed by atoms with Crippen LogP contribution in [0.3, 0.4) is 0 Å². The van der Waals surface area contributed by atoms with E-state index in [9.17, 15) is 8.42 Å². The van der Waals surface area contributed by atoms with Gasteiger partial charge in [0, 0.05) is 0 Å². The van der Waals surface area contributed by atoms with Gasteiger partial charge in [-0.1, -0.05) is 12.8 Å². The molecule has 0 aliphatic heterocycles. The molecule has 0 atom stereocenters. The molecule has 2 aromatic rings. The highest BCUT2D eigenvalue weighted by molar-refractivity contribution is 7.94. The molecule has 0 bridgehead atoms. The zero-order valence-electron chi connectivity index (χ0n) is 12.0. The van der Waals surface area contributed by atoms with E-state index in [-0.39, 0.29) is 4.21 Å². The third-order valence-corrected chi connectivity index (χ3v) is 6.53. The van der Waals surface area contributed by atoms with Crippen molar-refractivity contribution < 1.29 is 8.42 Å². The third-order valence-electron chi connectivity index (χ3n) is 3.83. The number of nitrogens with zero attached hydrogens (tertiary/aromatic N) is 3. The lowest BCUT2D eigenvalue weighted by atomic mass is 10.2. The average molecular weight is 326 g/mol. The van der Waals surface area contributed by atoms with Crippen molar-refractivity contribution in [2.24, 2.45) is 0 Å². The quantitative estimate of drug-likeness (QED) is 0.937. The van der Waals surface area contributed by atoms with Crippen molar-refractivity contribution in [1.29, 1.82) is 0 Å². The van der Waals surface area contributed by atoms with Crippen LogP contribution in [0.4, 0.5) is 5.69 Å². The molecule has 0 radical (unpaired) electrons. The Morgan fingerprint density at radius 1 is 1.33 bits per heavy atom. The summed E-state index contributed by atoms with van der Waals surface area (Å²) in [5.74, 6) is 0. The number of aromatic nitrogens is 3. The Labute approximate surface area is 128 Å². The van der Waals surface area contributed by atoms with E-state index in [4.69, 9.17) is 0 Å². The maximum Gasteiger partial charge on any atom is 0.273 e. The normalized spacial score (nSPS) is 16.5. The SMILES string of the molecule is Cc1cc(S(=O)(=O)Nc2cnn(C3CCCC3)c2C)sn1. The predicted molar refractivity (Wildman–Crippen MR) is 82.1 cm³/mol. The lowest BCUT2D eigenvalue weighted by Gasteiger charge is -2.12. The number of rotatable bonds is 4. The largest absolute Gasteiger partial charge is 0.275 e. The minimum Gasteiger partial charge on any atom is -0.275 e. The molecule has 114 valence electrons. The lowest BCUT2D eigenvalue weighted by Crippen LogP contribution is -2.13. The molecule has 0 amide bonds. The molecule has 1 saturated carbocycles. The zero-order valence-corrected chi connectivity index (χ0v) is 13.7. The Hall–Kier alpha value is -1.41. The molecule has 2 aromatic heterocycles. The van der Waals surface area contributed by atoms with E-state index in [1.165, 1.54) is 12.8 Å². The van der Waals surface area contributed by atoms with Crippen molar-refractivity contribution >= 4 is 27.2 Å². The van der Waals surface area contributed by atoms with Crippen LogP contribution in [0.25, 0.3) is 0 Å². The molecule has 3 rings (SSSR count). The van der Waals surface area contributed by atoms with Crippen molar-refractivity contribution in [1.82, 2.24) is 14.2 Å². The fraction of sp³-hybridized carbons (Fsp3) is 0.538. The van der Waals surface area contributed by atoms with Crippen LogP contribution < -0.4 is 4.72 Å². The van der Waals surface area contributed by atoms with Gasteiger partial charge < -0.3 is 0 Å². The van der Waals surface area contributed by atoms with Crippen LogP contribution in [0.15, 0.2) is 16.5 Å². The predicted octanol–water partition coefficient (Wildman–Crippen LogP) is 2.87. The van der Waals surface area contributed by atoms with E-state index in [2.05, 4.69) is 14.2 Å². The Morgan fingerprint density at radius 2 is 2.05 bits per heavy atom. The fourth-order valence-electron chi connectivity index (χ4n) is 2.70. The summed E-state index contributed by atoms with van der Waals surface area (Å²) in [7, 11) is -3.57. The Morgan fingerprint density at radius 3 is 2.67 bits per heavy atom. The Bertz CT molecular complexity index is 742. The molecular formula is C13H18N4O2S2. The summed E-state index contributed by atoms with van der Waals surface area (Å²) in [6.45, 7) is 3.68. The first-order chi connectivity index (χ1) is 9.97. The molecule has 1 aliphatic rings. The van der Waals surface area contributed by atoms with Crippen molar-refractivity contribution in [3.8, 4) is 0 Å². The topological polar surface area (TPSA) is 76.9 Å². The molecule has 0 spiro atoms. The maximum atomic E-state index is 12.3. The fourth-order valence-corrected chi connectivity index (χ4v) is 4.76. The highest BCUT2D eigenvalue weighted by Gasteiger charge is 2.23. The minimum atomic E-state index is -3.57. The summed E-state index contributed by atoms with van der Waals surface area (Å²) in [5, 5.41) is 4.36. The first-order valence-electron chi connectivity index (χ1n) is 6.97. The van der Waals surface area contributed by atoms with Crippen molar-refractivity contribution in [2.75, 3.05) is 4.72 Å². The van der Waals surface area contributed by atoms with Gasteiger partial charge in [0.05, 0.1) is 29.3 Å². The lowest BCUT2D eigenvalue weighted by molar-refractivity contribution is 0.457. The van der Waals surface area contributed by atoms with Gasteiger partial charge in [-0.3, -0.25) is 9.40 Å². The number of nitrogens with one attached hydrogen (secondary N) is 1. The monoisotopic (exact) mass is 326 g/mol. The summed E-state index contributed by atoms with van der Waals surface area (Å²) in [4.78, 5) is 0. The molecule has 8 heteroatoms. The summed E-state index contributed by atoms with van der Waals surface area (Å²) in [6, 6.07) is 1.97. The number of hydrogen-bond acceptors (Lipinski definition) is 5. The second kappa shape index (κ2) is 5.42. The van der Waals surface area contributed by atoms with Crippen LogP contribution in [-0.4, -0.2) is 22.6 Å². The van der Waals surface area contributed by atoms with Gasteiger partial charge in [-0.15, -0.1) is 0 Å². The standard InChI is InChI=1S/C13H18N4O2S2/c1-9-7-13(20-15-9)21(18,19)16-12-8-14-17(10(12)2)11-5-3-4-6-11/h7-8,11,16H,3-6H2,1-2H3. The van der Waals surface area contributed by atoms with Crippen molar-refractivity contribution in [2.45, 2.75) is 49.8 Å². The van der Waals surface area contributed by atoms with Crippen LogP contribution >= 0.6 is 11.5 Å². The molecule has 1 N–H and O–H groups in total. The Balaban J connectivity index is 1.85. The smallest absolute Gasteiger partial charge is 0.273 e. The number of hydrogen-bond donors (Lipinski definition) is 1. The molecule has 1 aliphatic carbocycles. The van der Waals surface area contributed by atoms with Crippen LogP contribution in [0, 0.1) is 13.8 Å². The molecule has 1 fully saturated rings. The Kier molecular flexibility index (Phi) is 3.75. The van der Waals surface area contributed by atoms with Gasteiger partial charge in [-0.05, 0) is 44.3 Å². The van der Waals surface area contributed by atoms with Gasteiger partial charge in [0.25, 0.3) is 10.0 Å². The number of anilines is 1. The van der Waals surface area contributed by atoms with Gasteiger partial charge in [0.1, 0.15) is 0 Å². The summed E-state index contributed by atoms with van der Waals surface area (Å²) in [5.41, 5.74) is 2.12. The molecule has 6 nitrogen and oxygen atoms in total. The average Bonchev–Trinajstić information content (AvgIpc) is 3.12. The van der Waals surface area contributed by atoms with Crippen LogP contribution in [-0.2, 0) is 10.0 Å². The van der Waals surface area contributed by atoms with E-state index in [0.29, 0.717) is 17.4 Å². The second-order valence-corrected chi connectivity index (χ2v) is 8.13. The molecule has 0 aromatic carbocycles. The van der Waals surface area contributed by atoms with Crippen LogP contribution in [0.1, 0.15) is 43.1 Å². The third kappa shape index (κ3) is 2.82. The van der Waals surface area contributed by atoms with Gasteiger partial charge in [0.15, 0.2) is 4.21 Å². The molecule has 2 heterocycles. The van der Waals surface area contributed by atoms with E-state index < -0.39 is 10.0 Å². The first-order valence-corrected chi connectivity index (χ1v) is 9.23. The number of sulfonamides is 1. The van der Waals surface area contributed by atoms with Crippen LogP contribution in [0.5, 0.6) is 0 Å². The number of aryl methyl sites for hydroxylation is 1. The van der Waals surface area contributed by atoms with Gasteiger partial charge in [-0.2, -0.15) is 9.47 Å². The van der Waals surface area contributed by atoms with Gasteiger partial charge >= 0.3 is 0 Å². The van der Waals surface area contributed by atoms with Crippen molar-refractivity contribution in [3.05, 3.63) is 23.7 Å². The van der Waals surface area contributed by atoms with Crippen LogP contribution in [0.2, 0.25) is 0 Å². The minimum absolute atomic E-state index is 0.230. The van der Waals surface area contributed by atoms with Gasteiger partial charge in [0.2, 0.25) is 0 Å². The summed E-state index contributed by atoms with van der Waals surface area (Å²) in [6.07, 6.45) is 6.25. The highest BCUT2D eigenvalue weighted by Crippen LogP contribution is 2.32. The highest BCUT2D eigenvalue weighted by atomic mass is 32.2.